The van der Waals surface area contributed by atoms with Crippen molar-refractivity contribution in [3.8, 4) is 11.4 Å². The third-order valence-electron chi connectivity index (χ3n) is 4.07. The highest BCUT2D eigenvalue weighted by Gasteiger charge is 2.47. The van der Waals surface area contributed by atoms with E-state index >= 15 is 0 Å². The second kappa shape index (κ2) is 5.50. The lowest BCUT2D eigenvalue weighted by Gasteiger charge is -2.31. The van der Waals surface area contributed by atoms with Crippen molar-refractivity contribution < 1.29 is 13.2 Å². The van der Waals surface area contributed by atoms with Crippen LogP contribution in [0.4, 0.5) is 13.2 Å². The van der Waals surface area contributed by atoms with E-state index in [1.165, 1.54) is 0 Å². The van der Waals surface area contributed by atoms with Gasteiger partial charge in [-0.05, 0) is 12.8 Å². The summed E-state index contributed by atoms with van der Waals surface area (Å²) in [5, 5.41) is 6.79. The maximum atomic E-state index is 13.1. The predicted octanol–water partition coefficient (Wildman–Crippen LogP) is 4.31. The van der Waals surface area contributed by atoms with Gasteiger partial charge in [-0.1, -0.05) is 43.2 Å². The van der Waals surface area contributed by atoms with Crippen molar-refractivity contribution in [2.75, 3.05) is 0 Å². The minimum Gasteiger partial charge on any atom is -0.262 e. The number of aromatic amines is 1. The minimum atomic E-state index is -4.18. The third-order valence-corrected chi connectivity index (χ3v) is 4.07. The summed E-state index contributed by atoms with van der Waals surface area (Å²) in [5.41, 5.74) is 0.805. The van der Waals surface area contributed by atoms with Crippen LogP contribution in [0.25, 0.3) is 11.4 Å². The number of nitrogens with one attached hydrogen (secondary N) is 1. The molecule has 3 rings (SSSR count). The largest absolute Gasteiger partial charge is 0.392 e. The number of hydrogen-bond donors (Lipinski definition) is 1. The van der Waals surface area contributed by atoms with Crippen LogP contribution in [-0.4, -0.2) is 21.4 Å². The first-order chi connectivity index (χ1) is 10.1. The first-order valence-corrected chi connectivity index (χ1v) is 7.10. The van der Waals surface area contributed by atoms with Gasteiger partial charge in [0, 0.05) is 11.5 Å². The molecular formula is C15H16F3N3. The molecule has 0 saturated heterocycles. The number of nitrogens with zero attached hydrogens (tertiary/aromatic N) is 2. The topological polar surface area (TPSA) is 41.6 Å². The van der Waals surface area contributed by atoms with E-state index in [9.17, 15) is 13.2 Å². The Morgan fingerprint density at radius 1 is 1.05 bits per heavy atom. The average Bonchev–Trinajstić information content (AvgIpc) is 2.97. The molecule has 1 aliphatic carbocycles. The van der Waals surface area contributed by atoms with Crippen LogP contribution in [0.5, 0.6) is 0 Å². The van der Waals surface area contributed by atoms with Crippen LogP contribution in [0.1, 0.15) is 37.4 Å². The van der Waals surface area contributed by atoms with E-state index in [-0.39, 0.29) is 6.42 Å². The van der Waals surface area contributed by atoms with Gasteiger partial charge in [0.15, 0.2) is 5.82 Å². The first kappa shape index (κ1) is 14.1. The van der Waals surface area contributed by atoms with E-state index < -0.39 is 18.0 Å². The standard InChI is InChI=1S/C15H16F3N3/c16-15(17,18)12-9-5-4-8-11(12)14-19-13(20-21-14)10-6-2-1-3-7-10/h1-3,6-7,11-12H,4-5,8-9H2,(H,19,20,21). The predicted molar refractivity (Wildman–Crippen MR) is 72.6 cm³/mol. The summed E-state index contributed by atoms with van der Waals surface area (Å²) in [5.74, 6) is -1.11. The van der Waals surface area contributed by atoms with Crippen LogP contribution < -0.4 is 0 Å². The highest BCUT2D eigenvalue weighted by atomic mass is 19.4. The number of rotatable bonds is 2. The van der Waals surface area contributed by atoms with Crippen molar-refractivity contribution in [1.82, 2.24) is 15.2 Å². The van der Waals surface area contributed by atoms with Crippen molar-refractivity contribution in [1.29, 1.82) is 0 Å². The summed E-state index contributed by atoms with van der Waals surface area (Å²) in [6.45, 7) is 0. The van der Waals surface area contributed by atoms with E-state index in [2.05, 4.69) is 15.2 Å². The number of halogens is 3. The minimum absolute atomic E-state index is 0.176. The Labute approximate surface area is 120 Å². The van der Waals surface area contributed by atoms with Gasteiger partial charge in [0.1, 0.15) is 5.82 Å². The first-order valence-electron chi connectivity index (χ1n) is 7.10. The Morgan fingerprint density at radius 3 is 2.48 bits per heavy atom. The summed E-state index contributed by atoms with van der Waals surface area (Å²) in [6.07, 6.45) is -2.06. The van der Waals surface area contributed by atoms with Crippen LogP contribution in [0.3, 0.4) is 0 Å². The van der Waals surface area contributed by atoms with Crippen LogP contribution in [0.15, 0.2) is 30.3 Å². The summed E-state index contributed by atoms with van der Waals surface area (Å²) in [7, 11) is 0. The van der Waals surface area contributed by atoms with Gasteiger partial charge in [-0.25, -0.2) is 4.98 Å². The van der Waals surface area contributed by atoms with Gasteiger partial charge in [0.05, 0.1) is 5.92 Å². The molecule has 1 aromatic carbocycles. The lowest BCUT2D eigenvalue weighted by atomic mass is 9.78. The molecule has 0 spiro atoms. The number of H-pyrrole nitrogens is 1. The van der Waals surface area contributed by atoms with Crippen molar-refractivity contribution >= 4 is 0 Å². The second-order valence-corrected chi connectivity index (χ2v) is 5.45. The van der Waals surface area contributed by atoms with E-state index in [0.717, 1.165) is 12.0 Å². The van der Waals surface area contributed by atoms with Crippen molar-refractivity contribution in [3.05, 3.63) is 36.2 Å². The second-order valence-electron chi connectivity index (χ2n) is 5.45. The molecule has 0 amide bonds. The van der Waals surface area contributed by atoms with Gasteiger partial charge < -0.3 is 0 Å². The molecule has 1 fully saturated rings. The van der Waals surface area contributed by atoms with Crippen LogP contribution in [-0.2, 0) is 0 Å². The Hall–Kier alpha value is -1.85. The van der Waals surface area contributed by atoms with Gasteiger partial charge in [0.25, 0.3) is 0 Å². The normalized spacial score (nSPS) is 23.2. The molecule has 1 N–H and O–H groups in total. The summed E-state index contributed by atoms with van der Waals surface area (Å²) < 4.78 is 39.4. The fourth-order valence-electron chi connectivity index (χ4n) is 3.01. The quantitative estimate of drug-likeness (QED) is 0.897. The maximum Gasteiger partial charge on any atom is 0.392 e. The highest BCUT2D eigenvalue weighted by Crippen LogP contribution is 2.45. The average molecular weight is 295 g/mol. The number of aromatic nitrogens is 3. The molecule has 1 aliphatic rings. The lowest BCUT2D eigenvalue weighted by Crippen LogP contribution is -2.32. The van der Waals surface area contributed by atoms with Crippen LogP contribution >= 0.6 is 0 Å². The molecular weight excluding hydrogens is 279 g/mol. The molecule has 1 aromatic heterocycles. The molecule has 0 bridgehead atoms. The van der Waals surface area contributed by atoms with E-state index in [0.29, 0.717) is 24.5 Å². The zero-order valence-corrected chi connectivity index (χ0v) is 11.4. The Bertz CT molecular complexity index is 592. The molecule has 2 atom stereocenters. The molecule has 2 unspecified atom stereocenters. The molecule has 112 valence electrons. The van der Waals surface area contributed by atoms with Gasteiger partial charge in [0.2, 0.25) is 0 Å². The highest BCUT2D eigenvalue weighted by molar-refractivity contribution is 5.53. The Balaban J connectivity index is 1.88. The fraction of sp³-hybridized carbons (Fsp3) is 0.467. The van der Waals surface area contributed by atoms with E-state index in [1.807, 2.05) is 30.3 Å². The van der Waals surface area contributed by atoms with Crippen molar-refractivity contribution in [2.45, 2.75) is 37.8 Å². The maximum absolute atomic E-state index is 13.1. The monoisotopic (exact) mass is 295 g/mol. The smallest absolute Gasteiger partial charge is 0.262 e. The molecule has 1 heterocycles. The van der Waals surface area contributed by atoms with Crippen molar-refractivity contribution in [3.63, 3.8) is 0 Å². The number of alkyl halides is 3. The Morgan fingerprint density at radius 2 is 1.76 bits per heavy atom. The number of hydrogen-bond acceptors (Lipinski definition) is 2. The third kappa shape index (κ3) is 2.94. The van der Waals surface area contributed by atoms with Crippen LogP contribution in [0.2, 0.25) is 0 Å². The molecule has 0 aliphatic heterocycles. The number of benzene rings is 1. The summed E-state index contributed by atoms with van der Waals surface area (Å²) >= 11 is 0. The SMILES string of the molecule is FC(F)(F)C1CCCCC1c1nc(-c2ccccc2)n[nH]1. The van der Waals surface area contributed by atoms with Gasteiger partial charge in [-0.3, -0.25) is 5.10 Å². The zero-order valence-electron chi connectivity index (χ0n) is 11.4. The molecule has 3 nitrogen and oxygen atoms in total. The van der Waals surface area contributed by atoms with Gasteiger partial charge >= 0.3 is 6.18 Å². The molecule has 0 radical (unpaired) electrons. The molecule has 2 aromatic rings. The zero-order chi connectivity index (χ0) is 14.9. The molecule has 1 saturated carbocycles. The summed E-state index contributed by atoms with van der Waals surface area (Å²) in [6, 6.07) is 9.26. The lowest BCUT2D eigenvalue weighted by molar-refractivity contribution is -0.187. The van der Waals surface area contributed by atoms with Crippen LogP contribution in [0, 0.1) is 5.92 Å². The molecule has 6 heteroatoms. The molecule has 21 heavy (non-hydrogen) atoms. The Kier molecular flexibility index (Phi) is 3.69. The summed E-state index contributed by atoms with van der Waals surface area (Å²) in [4.78, 5) is 4.30. The van der Waals surface area contributed by atoms with Gasteiger partial charge in [-0.15, -0.1) is 0 Å². The van der Waals surface area contributed by atoms with Gasteiger partial charge in [-0.2, -0.15) is 18.3 Å². The van der Waals surface area contributed by atoms with E-state index in [1.54, 1.807) is 0 Å². The fourth-order valence-corrected chi connectivity index (χ4v) is 3.01. The van der Waals surface area contributed by atoms with Crippen molar-refractivity contribution in [2.24, 2.45) is 5.92 Å². The van der Waals surface area contributed by atoms with E-state index in [4.69, 9.17) is 0 Å².